The first-order valence-corrected chi connectivity index (χ1v) is 11.0. The molecule has 0 aliphatic carbocycles. The third-order valence-corrected chi connectivity index (χ3v) is 7.01. The standard InChI is InChI=1S/C18H29NO3Si/c1-4-19(14-17-10-7-6-8-11-17)15-18-16-20-12-9-13-23(3,22-18)21-5-2/h4,6-8,10-11,18H,1,5,9,12-16H2,2-3H3. The first kappa shape index (κ1) is 18.2. The van der Waals surface area contributed by atoms with Gasteiger partial charge in [-0.1, -0.05) is 36.9 Å². The summed E-state index contributed by atoms with van der Waals surface area (Å²) in [7, 11) is -2.09. The maximum Gasteiger partial charge on any atom is 0.335 e. The van der Waals surface area contributed by atoms with E-state index in [1.807, 2.05) is 19.2 Å². The van der Waals surface area contributed by atoms with Crippen molar-refractivity contribution in [3.8, 4) is 0 Å². The Balaban J connectivity index is 1.97. The van der Waals surface area contributed by atoms with Crippen molar-refractivity contribution in [1.29, 1.82) is 0 Å². The molecule has 1 saturated heterocycles. The average Bonchev–Trinajstić information content (AvgIpc) is 2.53. The van der Waals surface area contributed by atoms with E-state index in [-0.39, 0.29) is 6.10 Å². The van der Waals surface area contributed by atoms with Crippen LogP contribution in [0.25, 0.3) is 0 Å². The zero-order valence-electron chi connectivity index (χ0n) is 14.4. The molecule has 4 nitrogen and oxygen atoms in total. The minimum absolute atomic E-state index is 0.0280. The maximum absolute atomic E-state index is 6.39. The minimum Gasteiger partial charge on any atom is -0.395 e. The molecule has 0 saturated carbocycles. The minimum atomic E-state index is -2.09. The van der Waals surface area contributed by atoms with Gasteiger partial charge < -0.3 is 18.5 Å². The van der Waals surface area contributed by atoms with Gasteiger partial charge in [-0.2, -0.15) is 0 Å². The predicted molar refractivity (Wildman–Crippen MR) is 95.4 cm³/mol. The monoisotopic (exact) mass is 335 g/mol. The van der Waals surface area contributed by atoms with Crippen LogP contribution in [0.5, 0.6) is 0 Å². The largest absolute Gasteiger partial charge is 0.395 e. The predicted octanol–water partition coefficient (Wildman–Crippen LogP) is 3.55. The van der Waals surface area contributed by atoms with Gasteiger partial charge in [0.1, 0.15) is 0 Å². The quantitative estimate of drug-likeness (QED) is 0.713. The molecule has 1 aromatic carbocycles. The van der Waals surface area contributed by atoms with Crippen molar-refractivity contribution < 1.29 is 13.6 Å². The third-order valence-electron chi connectivity index (χ3n) is 4.01. The van der Waals surface area contributed by atoms with Crippen LogP contribution in [-0.2, 0) is 20.1 Å². The summed E-state index contributed by atoms with van der Waals surface area (Å²) >= 11 is 0. The van der Waals surface area contributed by atoms with Gasteiger partial charge in [-0.15, -0.1) is 0 Å². The summed E-state index contributed by atoms with van der Waals surface area (Å²) in [5.74, 6) is 0. The highest BCUT2D eigenvalue weighted by atomic mass is 28.4. The number of rotatable bonds is 7. The van der Waals surface area contributed by atoms with E-state index in [0.717, 1.165) is 32.2 Å². The normalized spacial score (nSPS) is 25.4. The zero-order valence-corrected chi connectivity index (χ0v) is 15.4. The number of hydrogen-bond acceptors (Lipinski definition) is 4. The Morgan fingerprint density at radius 2 is 2.17 bits per heavy atom. The van der Waals surface area contributed by atoms with Gasteiger partial charge in [0.15, 0.2) is 0 Å². The highest BCUT2D eigenvalue weighted by Gasteiger charge is 2.35. The molecular weight excluding hydrogens is 306 g/mol. The van der Waals surface area contributed by atoms with Crippen molar-refractivity contribution in [3.63, 3.8) is 0 Å². The Hall–Kier alpha value is -1.14. The van der Waals surface area contributed by atoms with Gasteiger partial charge in [-0.3, -0.25) is 0 Å². The highest BCUT2D eigenvalue weighted by Crippen LogP contribution is 2.21. The van der Waals surface area contributed by atoms with Gasteiger partial charge in [-0.25, -0.2) is 0 Å². The Bertz CT molecular complexity index is 471. The van der Waals surface area contributed by atoms with Crippen LogP contribution < -0.4 is 0 Å². The summed E-state index contributed by atoms with van der Waals surface area (Å²) in [6.45, 7) is 11.9. The first-order valence-electron chi connectivity index (χ1n) is 8.45. The average molecular weight is 336 g/mol. The lowest BCUT2D eigenvalue weighted by Crippen LogP contribution is -2.48. The molecule has 1 aromatic rings. The number of benzene rings is 1. The molecule has 0 bridgehead atoms. The van der Waals surface area contributed by atoms with Gasteiger partial charge in [0.05, 0.1) is 12.7 Å². The molecule has 2 unspecified atom stereocenters. The Morgan fingerprint density at radius 1 is 1.39 bits per heavy atom. The van der Waals surface area contributed by atoms with Crippen molar-refractivity contribution in [1.82, 2.24) is 4.90 Å². The van der Waals surface area contributed by atoms with Crippen molar-refractivity contribution in [2.75, 3.05) is 26.4 Å². The van der Waals surface area contributed by atoms with E-state index in [0.29, 0.717) is 13.2 Å². The van der Waals surface area contributed by atoms with E-state index in [9.17, 15) is 0 Å². The molecule has 0 radical (unpaired) electrons. The fourth-order valence-corrected chi connectivity index (χ4v) is 5.52. The van der Waals surface area contributed by atoms with Gasteiger partial charge in [0.2, 0.25) is 0 Å². The molecule has 5 heteroatoms. The molecule has 0 N–H and O–H groups in total. The van der Waals surface area contributed by atoms with Crippen LogP contribution in [0.1, 0.15) is 18.9 Å². The van der Waals surface area contributed by atoms with Crippen LogP contribution in [-0.4, -0.2) is 45.9 Å². The van der Waals surface area contributed by atoms with E-state index < -0.39 is 8.56 Å². The molecule has 1 heterocycles. The van der Waals surface area contributed by atoms with Crippen LogP contribution in [0.4, 0.5) is 0 Å². The van der Waals surface area contributed by atoms with Gasteiger partial charge >= 0.3 is 8.56 Å². The van der Waals surface area contributed by atoms with Crippen LogP contribution in [0.3, 0.4) is 0 Å². The Labute approximate surface area is 141 Å². The summed E-state index contributed by atoms with van der Waals surface area (Å²) < 4.78 is 18.1. The van der Waals surface area contributed by atoms with Crippen molar-refractivity contribution >= 4 is 8.56 Å². The Morgan fingerprint density at radius 3 is 2.87 bits per heavy atom. The van der Waals surface area contributed by atoms with Crippen molar-refractivity contribution in [3.05, 3.63) is 48.7 Å². The molecule has 2 atom stereocenters. The second-order valence-electron chi connectivity index (χ2n) is 6.08. The lowest BCUT2D eigenvalue weighted by Gasteiger charge is -2.35. The molecule has 1 fully saturated rings. The van der Waals surface area contributed by atoms with Gasteiger partial charge in [-0.05, 0) is 37.7 Å². The fraction of sp³-hybridized carbons (Fsp3) is 0.556. The van der Waals surface area contributed by atoms with E-state index >= 15 is 0 Å². The lowest BCUT2D eigenvalue weighted by atomic mass is 10.2. The van der Waals surface area contributed by atoms with Gasteiger partial charge in [0, 0.05) is 26.3 Å². The summed E-state index contributed by atoms with van der Waals surface area (Å²) in [5.41, 5.74) is 1.27. The lowest BCUT2D eigenvalue weighted by molar-refractivity contribution is 0.00295. The third kappa shape index (κ3) is 6.10. The zero-order chi connectivity index (χ0) is 16.5. The molecule has 0 spiro atoms. The van der Waals surface area contributed by atoms with Crippen LogP contribution in [0.15, 0.2) is 43.1 Å². The van der Waals surface area contributed by atoms with Crippen LogP contribution >= 0.6 is 0 Å². The summed E-state index contributed by atoms with van der Waals surface area (Å²) in [6, 6.07) is 11.4. The SMILES string of the molecule is C=CN(Cc1ccccc1)CC1COCCC[Si](C)(OCC)O1. The smallest absolute Gasteiger partial charge is 0.335 e. The topological polar surface area (TPSA) is 30.9 Å². The number of ether oxygens (including phenoxy) is 1. The van der Waals surface area contributed by atoms with E-state index in [4.69, 9.17) is 13.6 Å². The molecule has 1 aliphatic heterocycles. The second-order valence-corrected chi connectivity index (χ2v) is 9.37. The van der Waals surface area contributed by atoms with Crippen LogP contribution in [0.2, 0.25) is 12.6 Å². The molecule has 0 aromatic heterocycles. The summed E-state index contributed by atoms with van der Waals surface area (Å²) in [4.78, 5) is 2.19. The van der Waals surface area contributed by atoms with E-state index in [2.05, 4.69) is 42.3 Å². The second kappa shape index (κ2) is 9.23. The first-order chi connectivity index (χ1) is 11.1. The van der Waals surface area contributed by atoms with Gasteiger partial charge in [0.25, 0.3) is 0 Å². The molecule has 1 aliphatic rings. The van der Waals surface area contributed by atoms with E-state index in [1.165, 1.54) is 5.56 Å². The molecule has 0 amide bonds. The number of nitrogens with zero attached hydrogens (tertiary/aromatic N) is 1. The fourth-order valence-electron chi connectivity index (χ4n) is 2.94. The molecular formula is C18H29NO3Si. The Kier molecular flexibility index (Phi) is 7.30. The van der Waals surface area contributed by atoms with E-state index in [1.54, 1.807) is 0 Å². The number of hydrogen-bond donors (Lipinski definition) is 0. The molecule has 23 heavy (non-hydrogen) atoms. The summed E-state index contributed by atoms with van der Waals surface area (Å²) in [6.07, 6.45) is 2.93. The molecule has 2 rings (SSSR count). The highest BCUT2D eigenvalue weighted by molar-refractivity contribution is 6.66. The maximum atomic E-state index is 6.39. The van der Waals surface area contributed by atoms with Crippen molar-refractivity contribution in [2.45, 2.75) is 38.6 Å². The molecule has 128 valence electrons. The summed E-state index contributed by atoms with van der Waals surface area (Å²) in [5, 5.41) is 0. The van der Waals surface area contributed by atoms with Crippen LogP contribution in [0, 0.1) is 0 Å². The van der Waals surface area contributed by atoms with Crippen molar-refractivity contribution in [2.24, 2.45) is 0 Å².